The van der Waals surface area contributed by atoms with Gasteiger partial charge in [0.15, 0.2) is 0 Å². The predicted octanol–water partition coefficient (Wildman–Crippen LogP) is 2.27. The fourth-order valence-corrected chi connectivity index (χ4v) is 2.86. The van der Waals surface area contributed by atoms with Crippen LogP contribution >= 0.6 is 0 Å². The minimum Gasteiger partial charge on any atom is -0.384 e. The van der Waals surface area contributed by atoms with Crippen molar-refractivity contribution in [2.24, 2.45) is 0 Å². The molecular weight excluding hydrogens is 262 g/mol. The maximum absolute atomic E-state index is 12.2. The van der Waals surface area contributed by atoms with Gasteiger partial charge in [-0.25, -0.2) is 0 Å². The molecule has 2 rings (SSSR count). The minimum atomic E-state index is 0.268. The molecule has 1 aliphatic heterocycles. The van der Waals surface area contributed by atoms with Crippen LogP contribution in [0.5, 0.6) is 0 Å². The predicted molar refractivity (Wildman–Crippen MR) is 87.7 cm³/mol. The van der Waals surface area contributed by atoms with Gasteiger partial charge in [0.1, 0.15) is 0 Å². The van der Waals surface area contributed by atoms with Crippen LogP contribution in [0.1, 0.15) is 24.5 Å². The molecule has 1 N–H and O–H groups in total. The number of hydrogen-bond donors (Lipinski definition) is 1. The molecule has 21 heavy (non-hydrogen) atoms. The van der Waals surface area contributed by atoms with E-state index in [1.807, 2.05) is 4.90 Å². The summed E-state index contributed by atoms with van der Waals surface area (Å²) in [7, 11) is 0. The molecule has 0 radical (unpaired) electrons. The third-order valence-corrected chi connectivity index (χ3v) is 4.29. The molecule has 4 nitrogen and oxygen atoms in total. The highest BCUT2D eigenvalue weighted by atomic mass is 16.2. The quantitative estimate of drug-likeness (QED) is 0.903. The van der Waals surface area contributed by atoms with Crippen molar-refractivity contribution in [2.45, 2.75) is 27.2 Å². The van der Waals surface area contributed by atoms with E-state index in [1.54, 1.807) is 0 Å². The van der Waals surface area contributed by atoms with Gasteiger partial charge in [-0.1, -0.05) is 25.1 Å². The van der Waals surface area contributed by atoms with Crippen LogP contribution in [0.15, 0.2) is 18.2 Å². The zero-order chi connectivity index (χ0) is 15.2. The average Bonchev–Trinajstić information content (AvgIpc) is 2.50. The number of amides is 1. The first-order chi connectivity index (χ1) is 10.1. The highest BCUT2D eigenvalue weighted by Gasteiger charge is 2.19. The zero-order valence-electron chi connectivity index (χ0n) is 13.5. The number of benzene rings is 1. The van der Waals surface area contributed by atoms with Crippen molar-refractivity contribution in [3.8, 4) is 0 Å². The molecule has 1 heterocycles. The van der Waals surface area contributed by atoms with E-state index < -0.39 is 0 Å². The summed E-state index contributed by atoms with van der Waals surface area (Å²) in [6.45, 7) is 11.9. The van der Waals surface area contributed by atoms with Crippen LogP contribution in [0.4, 0.5) is 5.69 Å². The van der Waals surface area contributed by atoms with Crippen LogP contribution < -0.4 is 5.32 Å². The zero-order valence-corrected chi connectivity index (χ0v) is 13.5. The molecule has 1 saturated heterocycles. The van der Waals surface area contributed by atoms with Crippen molar-refractivity contribution < 1.29 is 4.79 Å². The number of nitrogens with one attached hydrogen (secondary N) is 1. The maximum Gasteiger partial charge on any atom is 0.224 e. The Hall–Kier alpha value is -1.55. The fraction of sp³-hybridized carbons (Fsp3) is 0.588. The molecule has 0 unspecified atom stereocenters. The third-order valence-electron chi connectivity index (χ3n) is 4.29. The van der Waals surface area contributed by atoms with Crippen LogP contribution in [0.25, 0.3) is 0 Å². The van der Waals surface area contributed by atoms with Gasteiger partial charge in [-0.3, -0.25) is 4.79 Å². The Balaban J connectivity index is 1.77. The molecule has 0 aromatic heterocycles. The van der Waals surface area contributed by atoms with Crippen molar-refractivity contribution in [3.63, 3.8) is 0 Å². The summed E-state index contributed by atoms with van der Waals surface area (Å²) in [5.74, 6) is 0.268. The Kier molecular flexibility index (Phi) is 5.62. The van der Waals surface area contributed by atoms with E-state index in [0.29, 0.717) is 13.0 Å². The lowest BCUT2D eigenvalue weighted by Gasteiger charge is -2.34. The van der Waals surface area contributed by atoms with Gasteiger partial charge in [0.2, 0.25) is 5.91 Å². The van der Waals surface area contributed by atoms with Crippen LogP contribution in [-0.2, 0) is 4.79 Å². The van der Waals surface area contributed by atoms with Crippen molar-refractivity contribution in [1.82, 2.24) is 9.80 Å². The lowest BCUT2D eigenvalue weighted by molar-refractivity contribution is -0.132. The topological polar surface area (TPSA) is 35.6 Å². The van der Waals surface area contributed by atoms with Crippen LogP contribution in [0.3, 0.4) is 0 Å². The number of anilines is 1. The van der Waals surface area contributed by atoms with Gasteiger partial charge >= 0.3 is 0 Å². The molecule has 1 aliphatic rings. The molecule has 0 atom stereocenters. The SMILES string of the molecule is CCN1CCN(C(=O)CCNc2c(C)cccc2C)CC1. The number of rotatable bonds is 5. The van der Waals surface area contributed by atoms with Gasteiger partial charge in [0.25, 0.3) is 0 Å². The lowest BCUT2D eigenvalue weighted by Crippen LogP contribution is -2.48. The first-order valence-corrected chi connectivity index (χ1v) is 7.92. The molecule has 1 amide bonds. The summed E-state index contributed by atoms with van der Waals surface area (Å²) in [6.07, 6.45) is 0.569. The lowest BCUT2D eigenvalue weighted by atomic mass is 10.1. The first-order valence-electron chi connectivity index (χ1n) is 7.92. The summed E-state index contributed by atoms with van der Waals surface area (Å²) in [4.78, 5) is 16.6. The summed E-state index contributed by atoms with van der Waals surface area (Å²) < 4.78 is 0. The van der Waals surface area contributed by atoms with Crippen molar-refractivity contribution in [1.29, 1.82) is 0 Å². The average molecular weight is 289 g/mol. The fourth-order valence-electron chi connectivity index (χ4n) is 2.86. The standard InChI is InChI=1S/C17H27N3O/c1-4-19-10-12-20(13-11-19)16(21)8-9-18-17-14(2)6-5-7-15(17)3/h5-7,18H,4,8-13H2,1-3H3. The number of nitrogens with zero attached hydrogens (tertiary/aromatic N) is 2. The Morgan fingerprint density at radius 1 is 1.14 bits per heavy atom. The number of para-hydroxylation sites is 1. The monoisotopic (exact) mass is 289 g/mol. The normalized spacial score (nSPS) is 16.0. The van der Waals surface area contributed by atoms with E-state index in [4.69, 9.17) is 0 Å². The van der Waals surface area contributed by atoms with Gasteiger partial charge in [0, 0.05) is 44.8 Å². The molecule has 0 saturated carbocycles. The van der Waals surface area contributed by atoms with Crippen molar-refractivity contribution in [2.75, 3.05) is 44.6 Å². The Morgan fingerprint density at radius 3 is 2.33 bits per heavy atom. The summed E-state index contributed by atoms with van der Waals surface area (Å²) >= 11 is 0. The summed E-state index contributed by atoms with van der Waals surface area (Å²) in [6, 6.07) is 6.26. The number of carbonyl (C=O) groups is 1. The Bertz CT molecular complexity index is 459. The number of hydrogen-bond acceptors (Lipinski definition) is 3. The van der Waals surface area contributed by atoms with Gasteiger partial charge in [-0.15, -0.1) is 0 Å². The second-order valence-corrected chi connectivity index (χ2v) is 5.76. The van der Waals surface area contributed by atoms with E-state index in [-0.39, 0.29) is 5.91 Å². The van der Waals surface area contributed by atoms with Crippen LogP contribution in [0, 0.1) is 13.8 Å². The Morgan fingerprint density at radius 2 is 1.76 bits per heavy atom. The van der Waals surface area contributed by atoms with E-state index >= 15 is 0 Å². The summed E-state index contributed by atoms with van der Waals surface area (Å²) in [5, 5.41) is 3.41. The van der Waals surface area contributed by atoms with E-state index in [9.17, 15) is 4.79 Å². The third kappa shape index (κ3) is 4.21. The highest BCUT2D eigenvalue weighted by molar-refractivity contribution is 5.77. The second kappa shape index (κ2) is 7.46. The van der Waals surface area contributed by atoms with Crippen molar-refractivity contribution in [3.05, 3.63) is 29.3 Å². The molecule has 116 valence electrons. The minimum absolute atomic E-state index is 0.268. The van der Waals surface area contributed by atoms with E-state index in [2.05, 4.69) is 49.2 Å². The molecule has 0 spiro atoms. The second-order valence-electron chi connectivity index (χ2n) is 5.76. The van der Waals surface area contributed by atoms with Gasteiger partial charge < -0.3 is 15.1 Å². The van der Waals surface area contributed by atoms with Gasteiger partial charge in [-0.2, -0.15) is 0 Å². The van der Waals surface area contributed by atoms with Crippen molar-refractivity contribution >= 4 is 11.6 Å². The van der Waals surface area contributed by atoms with Gasteiger partial charge in [-0.05, 0) is 31.5 Å². The first kappa shape index (κ1) is 15.8. The number of likely N-dealkylation sites (N-methyl/N-ethyl adjacent to an activating group) is 1. The Labute approximate surface area is 128 Å². The number of aryl methyl sites for hydroxylation is 2. The molecule has 1 aromatic carbocycles. The van der Waals surface area contributed by atoms with E-state index in [0.717, 1.165) is 32.7 Å². The smallest absolute Gasteiger partial charge is 0.224 e. The summed E-state index contributed by atoms with van der Waals surface area (Å²) in [5.41, 5.74) is 3.64. The van der Waals surface area contributed by atoms with E-state index in [1.165, 1.54) is 16.8 Å². The molecule has 1 fully saturated rings. The van der Waals surface area contributed by atoms with Gasteiger partial charge in [0.05, 0.1) is 0 Å². The number of piperazine rings is 1. The molecule has 0 bridgehead atoms. The largest absolute Gasteiger partial charge is 0.384 e. The maximum atomic E-state index is 12.2. The molecular formula is C17H27N3O. The van der Waals surface area contributed by atoms with Crippen LogP contribution in [-0.4, -0.2) is 55.0 Å². The highest BCUT2D eigenvalue weighted by Crippen LogP contribution is 2.19. The molecule has 4 heteroatoms. The van der Waals surface area contributed by atoms with Crippen LogP contribution in [0.2, 0.25) is 0 Å². The molecule has 1 aromatic rings. The molecule has 0 aliphatic carbocycles. The number of carbonyl (C=O) groups excluding carboxylic acids is 1.